The molecule has 2 saturated heterocycles. The fraction of sp³-hybridized carbons (Fsp3) is 0.833. The summed E-state index contributed by atoms with van der Waals surface area (Å²) in [5.41, 5.74) is -0.271. The summed E-state index contributed by atoms with van der Waals surface area (Å²) in [4.78, 5) is 25.5. The predicted octanol–water partition coefficient (Wildman–Crippen LogP) is 0.993. The Kier molecular flexibility index (Phi) is 3.02. The van der Waals surface area contributed by atoms with E-state index in [1.807, 2.05) is 13.8 Å². The van der Waals surface area contributed by atoms with Gasteiger partial charge in [0.2, 0.25) is 0 Å². The summed E-state index contributed by atoms with van der Waals surface area (Å²) in [6.07, 6.45) is 2.20. The van der Waals surface area contributed by atoms with E-state index in [4.69, 9.17) is 4.74 Å². The van der Waals surface area contributed by atoms with Crippen LogP contribution in [0.3, 0.4) is 0 Å². The Balaban J connectivity index is 1.97. The Morgan fingerprint density at radius 2 is 2.25 bits per heavy atom. The molecule has 1 atom stereocenters. The topological polar surface area (TPSA) is 46.6 Å². The lowest BCUT2D eigenvalue weighted by Crippen LogP contribution is -2.50. The molecule has 2 fully saturated rings. The molecule has 0 radical (unpaired) electrons. The molecule has 0 aromatic rings. The summed E-state index contributed by atoms with van der Waals surface area (Å²) in [5, 5.41) is 0. The Morgan fingerprint density at radius 3 is 2.81 bits per heavy atom. The van der Waals surface area contributed by atoms with Crippen LogP contribution < -0.4 is 0 Å². The molecule has 2 rings (SSSR count). The van der Waals surface area contributed by atoms with E-state index in [-0.39, 0.29) is 29.8 Å². The maximum absolute atomic E-state index is 12.0. The first-order valence-electron chi connectivity index (χ1n) is 5.94. The predicted molar refractivity (Wildman–Crippen MR) is 59.0 cm³/mol. The normalized spacial score (nSPS) is 29.5. The third-order valence-corrected chi connectivity index (χ3v) is 3.61. The lowest BCUT2D eigenvalue weighted by Gasteiger charge is -2.36. The van der Waals surface area contributed by atoms with E-state index in [9.17, 15) is 9.59 Å². The van der Waals surface area contributed by atoms with E-state index < -0.39 is 0 Å². The van der Waals surface area contributed by atoms with Gasteiger partial charge in [0.15, 0.2) is 5.78 Å². The molecule has 0 saturated carbocycles. The molecule has 0 aromatic heterocycles. The van der Waals surface area contributed by atoms with Gasteiger partial charge in [0.05, 0.1) is 6.54 Å². The van der Waals surface area contributed by atoms with Crippen molar-refractivity contribution in [3.8, 4) is 0 Å². The third kappa shape index (κ3) is 2.12. The smallest absolute Gasteiger partial charge is 0.252 e. The molecule has 2 heterocycles. The standard InChI is InChI=1S/C12H19NO3/c1-12(2)5-6-13(8-10(12)14)11(15)9-4-3-7-16-9/h9H,3-8H2,1-2H3. The van der Waals surface area contributed by atoms with E-state index in [1.165, 1.54) is 0 Å². The first-order chi connectivity index (χ1) is 7.50. The van der Waals surface area contributed by atoms with Gasteiger partial charge < -0.3 is 9.64 Å². The van der Waals surface area contributed by atoms with Crippen molar-refractivity contribution in [2.75, 3.05) is 19.7 Å². The van der Waals surface area contributed by atoms with Crippen molar-refractivity contribution >= 4 is 11.7 Å². The highest BCUT2D eigenvalue weighted by Crippen LogP contribution is 2.27. The number of rotatable bonds is 1. The summed E-state index contributed by atoms with van der Waals surface area (Å²) >= 11 is 0. The van der Waals surface area contributed by atoms with E-state index in [0.29, 0.717) is 13.2 Å². The molecule has 0 bridgehead atoms. The van der Waals surface area contributed by atoms with Gasteiger partial charge in [0, 0.05) is 18.6 Å². The quantitative estimate of drug-likeness (QED) is 0.668. The van der Waals surface area contributed by atoms with Crippen LogP contribution in [0.15, 0.2) is 0 Å². The fourth-order valence-corrected chi connectivity index (χ4v) is 2.18. The first-order valence-corrected chi connectivity index (χ1v) is 5.94. The van der Waals surface area contributed by atoms with Crippen LogP contribution in [-0.4, -0.2) is 42.4 Å². The Morgan fingerprint density at radius 1 is 1.50 bits per heavy atom. The summed E-state index contributed by atoms with van der Waals surface area (Å²) in [6.45, 7) is 5.50. The lowest BCUT2D eigenvalue weighted by molar-refractivity contribution is -0.149. The van der Waals surface area contributed by atoms with Crippen LogP contribution in [0.5, 0.6) is 0 Å². The molecule has 4 heteroatoms. The number of hydrogen-bond acceptors (Lipinski definition) is 3. The van der Waals surface area contributed by atoms with Crippen LogP contribution in [0.2, 0.25) is 0 Å². The zero-order chi connectivity index (χ0) is 11.8. The molecule has 16 heavy (non-hydrogen) atoms. The number of ketones is 1. The molecule has 2 aliphatic rings. The van der Waals surface area contributed by atoms with Crippen molar-refractivity contribution in [1.29, 1.82) is 0 Å². The molecule has 90 valence electrons. The van der Waals surface area contributed by atoms with E-state index >= 15 is 0 Å². The molecule has 1 amide bonds. The highest BCUT2D eigenvalue weighted by molar-refractivity contribution is 5.92. The van der Waals surface area contributed by atoms with Crippen molar-refractivity contribution < 1.29 is 14.3 Å². The van der Waals surface area contributed by atoms with Crippen LogP contribution in [0.25, 0.3) is 0 Å². The Bertz CT molecular complexity index is 305. The van der Waals surface area contributed by atoms with Gasteiger partial charge in [0.1, 0.15) is 6.10 Å². The van der Waals surface area contributed by atoms with Gasteiger partial charge in [-0.1, -0.05) is 13.8 Å². The van der Waals surface area contributed by atoms with Gasteiger partial charge in [-0.15, -0.1) is 0 Å². The molecular formula is C12H19NO3. The number of hydrogen-bond donors (Lipinski definition) is 0. The molecule has 0 aliphatic carbocycles. The van der Waals surface area contributed by atoms with Crippen molar-refractivity contribution in [2.45, 2.75) is 39.2 Å². The second kappa shape index (κ2) is 4.17. The first kappa shape index (κ1) is 11.6. The van der Waals surface area contributed by atoms with E-state index in [1.54, 1.807) is 4.90 Å². The second-order valence-electron chi connectivity index (χ2n) is 5.32. The minimum atomic E-state index is -0.297. The van der Waals surface area contributed by atoms with Crippen molar-refractivity contribution in [1.82, 2.24) is 4.90 Å². The number of Topliss-reactive ketones (excluding diaryl/α,β-unsaturated/α-hetero) is 1. The number of ether oxygens (including phenoxy) is 1. The molecule has 1 unspecified atom stereocenters. The fourth-order valence-electron chi connectivity index (χ4n) is 2.18. The number of carbonyl (C=O) groups excluding carboxylic acids is 2. The zero-order valence-corrected chi connectivity index (χ0v) is 9.99. The number of nitrogens with zero attached hydrogens (tertiary/aromatic N) is 1. The molecule has 0 spiro atoms. The highest BCUT2D eigenvalue weighted by atomic mass is 16.5. The Labute approximate surface area is 95.9 Å². The lowest BCUT2D eigenvalue weighted by atomic mass is 9.81. The van der Waals surface area contributed by atoms with Crippen LogP contribution in [0, 0.1) is 5.41 Å². The summed E-state index contributed by atoms with van der Waals surface area (Å²) in [6, 6.07) is 0. The van der Waals surface area contributed by atoms with Crippen molar-refractivity contribution in [3.63, 3.8) is 0 Å². The van der Waals surface area contributed by atoms with Gasteiger partial charge >= 0.3 is 0 Å². The number of likely N-dealkylation sites (tertiary alicyclic amines) is 1. The van der Waals surface area contributed by atoms with Crippen LogP contribution >= 0.6 is 0 Å². The van der Waals surface area contributed by atoms with Gasteiger partial charge in [-0.25, -0.2) is 0 Å². The number of amides is 1. The van der Waals surface area contributed by atoms with Gasteiger partial charge in [0.25, 0.3) is 5.91 Å². The molecule has 0 aromatic carbocycles. The summed E-state index contributed by atoms with van der Waals surface area (Å²) in [5.74, 6) is 0.159. The largest absolute Gasteiger partial charge is 0.368 e. The van der Waals surface area contributed by atoms with E-state index in [2.05, 4.69) is 0 Å². The van der Waals surface area contributed by atoms with Crippen LogP contribution in [0.1, 0.15) is 33.1 Å². The van der Waals surface area contributed by atoms with Crippen LogP contribution in [0.4, 0.5) is 0 Å². The third-order valence-electron chi connectivity index (χ3n) is 3.61. The summed E-state index contributed by atoms with van der Waals surface area (Å²) < 4.78 is 5.35. The Hall–Kier alpha value is -0.900. The molecule has 2 aliphatic heterocycles. The monoisotopic (exact) mass is 225 g/mol. The highest BCUT2D eigenvalue weighted by Gasteiger charge is 2.38. The average molecular weight is 225 g/mol. The molecular weight excluding hydrogens is 206 g/mol. The minimum Gasteiger partial charge on any atom is -0.368 e. The number of carbonyl (C=O) groups is 2. The van der Waals surface area contributed by atoms with Crippen LogP contribution in [-0.2, 0) is 14.3 Å². The van der Waals surface area contributed by atoms with Crippen molar-refractivity contribution in [2.24, 2.45) is 5.41 Å². The average Bonchev–Trinajstić information content (AvgIpc) is 2.74. The van der Waals surface area contributed by atoms with Gasteiger partial charge in [-0.3, -0.25) is 9.59 Å². The zero-order valence-electron chi connectivity index (χ0n) is 9.99. The van der Waals surface area contributed by atoms with Gasteiger partial charge in [-0.2, -0.15) is 0 Å². The van der Waals surface area contributed by atoms with Crippen molar-refractivity contribution in [3.05, 3.63) is 0 Å². The number of piperidine rings is 1. The SMILES string of the molecule is CC1(C)CCN(C(=O)C2CCCO2)CC1=O. The summed E-state index contributed by atoms with van der Waals surface area (Å²) in [7, 11) is 0. The maximum Gasteiger partial charge on any atom is 0.252 e. The molecule has 4 nitrogen and oxygen atoms in total. The van der Waals surface area contributed by atoms with E-state index in [0.717, 1.165) is 19.3 Å². The maximum atomic E-state index is 12.0. The van der Waals surface area contributed by atoms with Gasteiger partial charge in [-0.05, 0) is 19.3 Å². The molecule has 0 N–H and O–H groups in total. The minimum absolute atomic E-state index is 0.00125. The second-order valence-corrected chi connectivity index (χ2v) is 5.32.